The Bertz CT molecular complexity index is 417. The zero-order valence-corrected chi connectivity index (χ0v) is 12.6. The van der Waals surface area contributed by atoms with E-state index in [9.17, 15) is 0 Å². The van der Waals surface area contributed by atoms with Crippen molar-refractivity contribution in [1.29, 1.82) is 0 Å². The van der Waals surface area contributed by atoms with Crippen LogP contribution in [0.25, 0.3) is 0 Å². The molecule has 0 aromatic carbocycles. The molecular formula is C15H27N3O. The Kier molecular flexibility index (Phi) is 4.33. The van der Waals surface area contributed by atoms with Crippen LogP contribution in [-0.2, 0) is 6.54 Å². The van der Waals surface area contributed by atoms with Crippen LogP contribution in [0.5, 0.6) is 0 Å². The van der Waals surface area contributed by atoms with E-state index in [4.69, 9.17) is 10.2 Å². The minimum Gasteiger partial charge on any atom is -0.465 e. The van der Waals surface area contributed by atoms with Crippen molar-refractivity contribution in [3.05, 3.63) is 23.7 Å². The van der Waals surface area contributed by atoms with Crippen LogP contribution in [0.3, 0.4) is 0 Å². The van der Waals surface area contributed by atoms with Crippen LogP contribution in [-0.4, -0.2) is 48.6 Å². The van der Waals surface area contributed by atoms with Gasteiger partial charge in [0.25, 0.3) is 0 Å². The quantitative estimate of drug-likeness (QED) is 0.902. The number of nitrogens with two attached hydrogens (primary N) is 1. The van der Waals surface area contributed by atoms with Crippen molar-refractivity contribution in [3.63, 3.8) is 0 Å². The van der Waals surface area contributed by atoms with Crippen LogP contribution in [0.4, 0.5) is 0 Å². The molecule has 2 rings (SSSR count). The second-order valence-electron chi connectivity index (χ2n) is 6.08. The van der Waals surface area contributed by atoms with Gasteiger partial charge in [-0.3, -0.25) is 4.90 Å². The zero-order valence-electron chi connectivity index (χ0n) is 12.6. The van der Waals surface area contributed by atoms with Gasteiger partial charge in [0.1, 0.15) is 11.5 Å². The lowest BCUT2D eigenvalue weighted by Crippen LogP contribution is -2.59. The predicted octanol–water partition coefficient (Wildman–Crippen LogP) is 1.83. The topological polar surface area (TPSA) is 45.6 Å². The van der Waals surface area contributed by atoms with Gasteiger partial charge in [-0.2, -0.15) is 0 Å². The molecule has 0 saturated carbocycles. The van der Waals surface area contributed by atoms with Gasteiger partial charge in [0.2, 0.25) is 0 Å². The van der Waals surface area contributed by atoms with Gasteiger partial charge in [0, 0.05) is 18.1 Å². The summed E-state index contributed by atoms with van der Waals surface area (Å²) in [4.78, 5) is 4.80. The van der Waals surface area contributed by atoms with Gasteiger partial charge in [-0.05, 0) is 59.5 Å². The summed E-state index contributed by atoms with van der Waals surface area (Å²) in [7, 11) is 4.36. The average Bonchev–Trinajstić information content (AvgIpc) is 2.78. The van der Waals surface area contributed by atoms with E-state index in [0.29, 0.717) is 12.6 Å². The first-order valence-electron chi connectivity index (χ1n) is 7.14. The molecule has 4 nitrogen and oxygen atoms in total. The molecule has 0 amide bonds. The molecule has 1 aliphatic rings. The van der Waals surface area contributed by atoms with Crippen molar-refractivity contribution in [2.24, 2.45) is 5.73 Å². The van der Waals surface area contributed by atoms with Crippen molar-refractivity contribution in [2.45, 2.75) is 44.8 Å². The fourth-order valence-electron chi connectivity index (χ4n) is 3.07. The largest absolute Gasteiger partial charge is 0.465 e. The summed E-state index contributed by atoms with van der Waals surface area (Å²) < 4.78 is 5.69. The summed E-state index contributed by atoms with van der Waals surface area (Å²) in [6, 6.07) is 4.67. The third-order valence-corrected chi connectivity index (χ3v) is 4.74. The molecule has 1 fully saturated rings. The normalized spacial score (nSPS) is 29.1. The third kappa shape index (κ3) is 3.02. The molecule has 2 unspecified atom stereocenters. The van der Waals surface area contributed by atoms with Crippen LogP contribution in [0.15, 0.2) is 16.5 Å². The Morgan fingerprint density at radius 3 is 2.79 bits per heavy atom. The van der Waals surface area contributed by atoms with Gasteiger partial charge in [0.15, 0.2) is 0 Å². The van der Waals surface area contributed by atoms with E-state index < -0.39 is 0 Å². The first kappa shape index (κ1) is 14.6. The fraction of sp³-hybridized carbons (Fsp3) is 0.733. The molecule has 1 saturated heterocycles. The van der Waals surface area contributed by atoms with Crippen molar-refractivity contribution < 1.29 is 4.42 Å². The highest BCUT2D eigenvalue weighted by atomic mass is 16.3. The maximum absolute atomic E-state index is 6.11. The molecule has 0 bridgehead atoms. The van der Waals surface area contributed by atoms with E-state index in [0.717, 1.165) is 37.5 Å². The highest BCUT2D eigenvalue weighted by Crippen LogP contribution is 2.31. The number of piperidine rings is 1. The van der Waals surface area contributed by atoms with Crippen molar-refractivity contribution in [2.75, 3.05) is 27.2 Å². The van der Waals surface area contributed by atoms with E-state index >= 15 is 0 Å². The molecule has 1 aliphatic heterocycles. The highest BCUT2D eigenvalue weighted by Gasteiger charge is 2.39. The minimum absolute atomic E-state index is 0.104. The Morgan fingerprint density at radius 2 is 2.26 bits per heavy atom. The maximum Gasteiger partial charge on any atom is 0.118 e. The second kappa shape index (κ2) is 5.65. The van der Waals surface area contributed by atoms with E-state index in [-0.39, 0.29) is 5.54 Å². The van der Waals surface area contributed by atoms with Crippen molar-refractivity contribution in [3.8, 4) is 0 Å². The van der Waals surface area contributed by atoms with Gasteiger partial charge in [-0.25, -0.2) is 0 Å². The Balaban J connectivity index is 2.08. The predicted molar refractivity (Wildman–Crippen MR) is 78.0 cm³/mol. The van der Waals surface area contributed by atoms with Crippen LogP contribution in [0.1, 0.15) is 31.3 Å². The smallest absolute Gasteiger partial charge is 0.118 e. The molecule has 4 heteroatoms. The summed E-state index contributed by atoms with van der Waals surface area (Å²) in [5.74, 6) is 2.00. The number of rotatable bonds is 4. The van der Waals surface area contributed by atoms with Crippen molar-refractivity contribution in [1.82, 2.24) is 9.80 Å². The fourth-order valence-corrected chi connectivity index (χ4v) is 3.07. The van der Waals surface area contributed by atoms with E-state index in [1.54, 1.807) is 0 Å². The van der Waals surface area contributed by atoms with Crippen LogP contribution < -0.4 is 5.73 Å². The molecule has 2 atom stereocenters. The van der Waals surface area contributed by atoms with Crippen molar-refractivity contribution >= 4 is 0 Å². The van der Waals surface area contributed by atoms with Gasteiger partial charge in [0.05, 0.1) is 6.54 Å². The van der Waals surface area contributed by atoms with E-state index in [2.05, 4.69) is 36.9 Å². The molecule has 2 N–H and O–H groups in total. The Morgan fingerprint density at radius 1 is 1.53 bits per heavy atom. The summed E-state index contributed by atoms with van der Waals surface area (Å²) in [6.45, 7) is 6.93. The first-order chi connectivity index (χ1) is 8.97. The molecule has 1 aromatic rings. The number of likely N-dealkylation sites (N-methyl/N-ethyl adjacent to an activating group) is 1. The number of hydrogen-bond donors (Lipinski definition) is 1. The second-order valence-corrected chi connectivity index (χ2v) is 6.08. The summed E-state index contributed by atoms with van der Waals surface area (Å²) >= 11 is 0. The average molecular weight is 265 g/mol. The maximum atomic E-state index is 6.11. The lowest BCUT2D eigenvalue weighted by Gasteiger charge is -2.48. The van der Waals surface area contributed by atoms with Crippen LogP contribution >= 0.6 is 0 Å². The molecule has 1 aromatic heterocycles. The SMILES string of the molecule is Cc1ccc(CN(C)C2(CN)CCN(C)C(C)C2)o1. The molecule has 19 heavy (non-hydrogen) atoms. The van der Waals surface area contributed by atoms with Gasteiger partial charge in [-0.1, -0.05) is 0 Å². The standard InChI is InChI=1S/C15H27N3O/c1-12-9-15(11-16,7-8-17(12)3)18(4)10-14-6-5-13(2)19-14/h5-6,12H,7-11,16H2,1-4H3. The number of hydrogen-bond acceptors (Lipinski definition) is 4. The summed E-state index contributed by atoms with van der Waals surface area (Å²) in [5, 5.41) is 0. The molecule has 0 radical (unpaired) electrons. The van der Waals surface area contributed by atoms with Gasteiger partial charge < -0.3 is 15.1 Å². The molecule has 108 valence electrons. The van der Waals surface area contributed by atoms with Gasteiger partial charge in [-0.15, -0.1) is 0 Å². The minimum atomic E-state index is 0.104. The number of nitrogens with zero attached hydrogens (tertiary/aromatic N) is 2. The van der Waals surface area contributed by atoms with E-state index in [1.807, 2.05) is 13.0 Å². The Hall–Kier alpha value is -0.840. The van der Waals surface area contributed by atoms with Crippen LogP contribution in [0, 0.1) is 6.92 Å². The van der Waals surface area contributed by atoms with Gasteiger partial charge >= 0.3 is 0 Å². The molecule has 0 spiro atoms. The summed E-state index contributed by atoms with van der Waals surface area (Å²) in [5.41, 5.74) is 6.22. The van der Waals surface area contributed by atoms with E-state index in [1.165, 1.54) is 0 Å². The number of furan rings is 1. The molecular weight excluding hydrogens is 238 g/mol. The first-order valence-corrected chi connectivity index (χ1v) is 7.14. The monoisotopic (exact) mass is 265 g/mol. The zero-order chi connectivity index (χ0) is 14.0. The summed E-state index contributed by atoms with van der Waals surface area (Å²) in [6.07, 6.45) is 2.25. The Labute approximate surface area is 116 Å². The third-order valence-electron chi connectivity index (χ3n) is 4.74. The molecule has 2 heterocycles. The lowest BCUT2D eigenvalue weighted by atomic mass is 9.82. The molecule has 0 aliphatic carbocycles. The number of aryl methyl sites for hydroxylation is 1. The highest BCUT2D eigenvalue weighted by molar-refractivity contribution is 5.07. The number of likely N-dealkylation sites (tertiary alicyclic amines) is 1. The van der Waals surface area contributed by atoms with Crippen LogP contribution in [0.2, 0.25) is 0 Å². The lowest BCUT2D eigenvalue weighted by molar-refractivity contribution is 0.0186.